The number of aliphatic hydroxyl groups is 1. The Balaban J connectivity index is 1.32. The number of β-amino-alcohol motifs (C(OH)–C–C–N with tert-alkyl or cyclic N) is 1. The van der Waals surface area contributed by atoms with Crippen molar-refractivity contribution in [2.75, 3.05) is 13.1 Å². The molecule has 0 spiro atoms. The predicted octanol–water partition coefficient (Wildman–Crippen LogP) is 1.52. The largest absolute Gasteiger partial charge is 0.390 e. The van der Waals surface area contributed by atoms with Crippen LogP contribution >= 0.6 is 0 Å². The van der Waals surface area contributed by atoms with Gasteiger partial charge in [0.2, 0.25) is 5.76 Å². The highest BCUT2D eigenvalue weighted by Gasteiger charge is 2.32. The van der Waals surface area contributed by atoms with Gasteiger partial charge in [0, 0.05) is 37.2 Å². The normalized spacial score (nSPS) is 24.0. The maximum Gasteiger partial charge on any atom is 0.290 e. The van der Waals surface area contributed by atoms with Crippen LogP contribution in [-0.2, 0) is 6.54 Å². The first kappa shape index (κ1) is 17.2. The smallest absolute Gasteiger partial charge is 0.290 e. The van der Waals surface area contributed by atoms with Crippen molar-refractivity contribution in [3.05, 3.63) is 34.5 Å². The standard InChI is InChI=1S/C18H24N4O4/c1-10-13(11(2)25-20-10)8-22-6-5-14(16(23)9-22)19-18(24)17-7-15(21-26-17)12-3-4-12/h7,12,14,16,23H,3-6,8-9H2,1-2H3,(H,19,24)/t14-,16-/m1/s1. The molecule has 2 aromatic rings. The van der Waals surface area contributed by atoms with Gasteiger partial charge < -0.3 is 19.5 Å². The van der Waals surface area contributed by atoms with Gasteiger partial charge in [-0.05, 0) is 33.1 Å². The molecule has 1 aliphatic carbocycles. The zero-order chi connectivity index (χ0) is 18.3. The highest BCUT2D eigenvalue weighted by Crippen LogP contribution is 2.39. The van der Waals surface area contributed by atoms with E-state index in [9.17, 15) is 9.90 Å². The monoisotopic (exact) mass is 360 g/mol. The summed E-state index contributed by atoms with van der Waals surface area (Å²) in [6.07, 6.45) is 2.24. The number of hydrogen-bond donors (Lipinski definition) is 2. The molecular formula is C18H24N4O4. The van der Waals surface area contributed by atoms with Gasteiger partial charge in [-0.2, -0.15) is 0 Å². The molecule has 4 rings (SSSR count). The van der Waals surface area contributed by atoms with Gasteiger partial charge in [0.15, 0.2) is 0 Å². The zero-order valence-corrected chi connectivity index (χ0v) is 15.1. The number of nitrogens with one attached hydrogen (secondary N) is 1. The van der Waals surface area contributed by atoms with E-state index in [4.69, 9.17) is 9.05 Å². The van der Waals surface area contributed by atoms with Crippen molar-refractivity contribution in [3.63, 3.8) is 0 Å². The van der Waals surface area contributed by atoms with Crippen LogP contribution in [-0.4, -0.2) is 51.5 Å². The molecule has 2 fully saturated rings. The van der Waals surface area contributed by atoms with Crippen molar-refractivity contribution in [2.45, 2.75) is 57.7 Å². The molecule has 0 aromatic carbocycles. The van der Waals surface area contributed by atoms with E-state index in [0.717, 1.165) is 42.1 Å². The molecule has 0 unspecified atom stereocenters. The number of rotatable bonds is 5. The summed E-state index contributed by atoms with van der Waals surface area (Å²) < 4.78 is 10.3. The molecule has 1 aliphatic heterocycles. The van der Waals surface area contributed by atoms with E-state index in [0.29, 0.717) is 25.4 Å². The molecular weight excluding hydrogens is 336 g/mol. The Labute approximate surface area is 151 Å². The van der Waals surface area contributed by atoms with E-state index < -0.39 is 6.10 Å². The van der Waals surface area contributed by atoms with Gasteiger partial charge in [-0.25, -0.2) is 0 Å². The van der Waals surface area contributed by atoms with E-state index in [1.807, 2.05) is 13.8 Å². The molecule has 1 saturated heterocycles. The minimum atomic E-state index is -0.640. The summed E-state index contributed by atoms with van der Waals surface area (Å²) in [5.41, 5.74) is 2.79. The van der Waals surface area contributed by atoms with Gasteiger partial charge in [-0.3, -0.25) is 9.69 Å². The van der Waals surface area contributed by atoms with Gasteiger partial charge >= 0.3 is 0 Å². The van der Waals surface area contributed by atoms with Gasteiger partial charge in [0.05, 0.1) is 23.5 Å². The van der Waals surface area contributed by atoms with E-state index in [-0.39, 0.29) is 17.7 Å². The van der Waals surface area contributed by atoms with Gasteiger partial charge in [0.1, 0.15) is 5.76 Å². The molecule has 0 radical (unpaired) electrons. The highest BCUT2D eigenvalue weighted by atomic mass is 16.5. The Morgan fingerprint density at radius 3 is 2.77 bits per heavy atom. The molecule has 8 nitrogen and oxygen atoms in total. The van der Waals surface area contributed by atoms with Crippen molar-refractivity contribution in [3.8, 4) is 0 Å². The van der Waals surface area contributed by atoms with Crippen molar-refractivity contribution >= 4 is 5.91 Å². The Morgan fingerprint density at radius 2 is 2.12 bits per heavy atom. The van der Waals surface area contributed by atoms with E-state index in [1.165, 1.54) is 0 Å². The number of carbonyl (C=O) groups is 1. The van der Waals surface area contributed by atoms with Crippen LogP contribution in [0, 0.1) is 13.8 Å². The number of carbonyl (C=O) groups excluding carboxylic acids is 1. The summed E-state index contributed by atoms with van der Waals surface area (Å²) in [5.74, 6) is 1.16. The Bertz CT molecular complexity index is 775. The number of nitrogens with zero attached hydrogens (tertiary/aromatic N) is 3. The zero-order valence-electron chi connectivity index (χ0n) is 15.1. The molecule has 1 saturated carbocycles. The second kappa shape index (κ2) is 6.85. The summed E-state index contributed by atoms with van der Waals surface area (Å²) in [5, 5.41) is 21.3. The van der Waals surface area contributed by atoms with Gasteiger partial charge in [-0.15, -0.1) is 0 Å². The van der Waals surface area contributed by atoms with Crippen molar-refractivity contribution in [2.24, 2.45) is 0 Å². The first-order chi connectivity index (χ1) is 12.5. The number of aryl methyl sites for hydroxylation is 2. The number of piperidine rings is 1. The summed E-state index contributed by atoms with van der Waals surface area (Å²) in [4.78, 5) is 14.5. The molecule has 2 aliphatic rings. The number of likely N-dealkylation sites (tertiary alicyclic amines) is 1. The molecule has 0 bridgehead atoms. The lowest BCUT2D eigenvalue weighted by Crippen LogP contribution is -2.53. The molecule has 8 heteroatoms. The van der Waals surface area contributed by atoms with E-state index in [1.54, 1.807) is 6.07 Å². The summed E-state index contributed by atoms with van der Waals surface area (Å²) >= 11 is 0. The fourth-order valence-electron chi connectivity index (χ4n) is 3.47. The fourth-order valence-corrected chi connectivity index (χ4v) is 3.47. The third kappa shape index (κ3) is 3.52. The molecule has 1 amide bonds. The first-order valence-electron chi connectivity index (χ1n) is 9.11. The lowest BCUT2D eigenvalue weighted by molar-refractivity contribution is 0.0339. The molecule has 2 atom stereocenters. The average Bonchev–Trinajstić information content (AvgIpc) is 3.27. The van der Waals surface area contributed by atoms with Crippen LogP contribution in [0.4, 0.5) is 0 Å². The SMILES string of the molecule is Cc1noc(C)c1CN1CC[C@@H](NC(=O)c2cc(C3CC3)no2)[C@H](O)C1. The third-order valence-corrected chi connectivity index (χ3v) is 5.29. The minimum absolute atomic E-state index is 0.220. The minimum Gasteiger partial charge on any atom is -0.390 e. The first-order valence-corrected chi connectivity index (χ1v) is 9.11. The summed E-state index contributed by atoms with van der Waals surface area (Å²) in [6.45, 7) is 5.76. The average molecular weight is 360 g/mol. The van der Waals surface area contributed by atoms with Crippen LogP contribution in [0.25, 0.3) is 0 Å². The molecule has 2 N–H and O–H groups in total. The Morgan fingerprint density at radius 1 is 1.31 bits per heavy atom. The molecule has 3 heterocycles. The van der Waals surface area contributed by atoms with Crippen molar-refractivity contribution in [1.82, 2.24) is 20.5 Å². The van der Waals surface area contributed by atoms with Crippen LogP contribution in [0.15, 0.2) is 15.1 Å². The van der Waals surface area contributed by atoms with Crippen LogP contribution in [0.1, 0.15) is 58.4 Å². The van der Waals surface area contributed by atoms with Crippen LogP contribution < -0.4 is 5.32 Å². The van der Waals surface area contributed by atoms with Crippen LogP contribution in [0.3, 0.4) is 0 Å². The van der Waals surface area contributed by atoms with Crippen molar-refractivity contribution in [1.29, 1.82) is 0 Å². The molecule has 2 aromatic heterocycles. The van der Waals surface area contributed by atoms with Gasteiger partial charge in [-0.1, -0.05) is 10.3 Å². The lowest BCUT2D eigenvalue weighted by atomic mass is 10.0. The maximum atomic E-state index is 12.4. The maximum absolute atomic E-state index is 12.4. The fraction of sp³-hybridized carbons (Fsp3) is 0.611. The number of amides is 1. The van der Waals surface area contributed by atoms with Crippen LogP contribution in [0.2, 0.25) is 0 Å². The Hall–Kier alpha value is -2.19. The number of aromatic nitrogens is 2. The Kier molecular flexibility index (Phi) is 4.54. The van der Waals surface area contributed by atoms with E-state index >= 15 is 0 Å². The lowest BCUT2D eigenvalue weighted by Gasteiger charge is -2.36. The highest BCUT2D eigenvalue weighted by molar-refractivity contribution is 5.91. The summed E-state index contributed by atoms with van der Waals surface area (Å²) in [7, 11) is 0. The molecule has 140 valence electrons. The van der Waals surface area contributed by atoms with Crippen molar-refractivity contribution < 1.29 is 18.9 Å². The number of aliphatic hydroxyl groups excluding tert-OH is 1. The van der Waals surface area contributed by atoms with Gasteiger partial charge in [0.25, 0.3) is 5.91 Å². The summed E-state index contributed by atoms with van der Waals surface area (Å²) in [6, 6.07) is 1.42. The topological polar surface area (TPSA) is 105 Å². The second-order valence-corrected chi connectivity index (χ2v) is 7.36. The molecule has 26 heavy (non-hydrogen) atoms. The number of hydrogen-bond acceptors (Lipinski definition) is 7. The predicted molar refractivity (Wildman–Crippen MR) is 91.6 cm³/mol. The third-order valence-electron chi connectivity index (χ3n) is 5.29. The quantitative estimate of drug-likeness (QED) is 0.833. The van der Waals surface area contributed by atoms with Crippen LogP contribution in [0.5, 0.6) is 0 Å². The second-order valence-electron chi connectivity index (χ2n) is 7.36. The van der Waals surface area contributed by atoms with E-state index in [2.05, 4.69) is 20.5 Å².